The van der Waals surface area contributed by atoms with Gasteiger partial charge in [0.1, 0.15) is 5.75 Å². The molecule has 0 heterocycles. The van der Waals surface area contributed by atoms with Gasteiger partial charge in [-0.05, 0) is 37.6 Å². The van der Waals surface area contributed by atoms with Gasteiger partial charge in [0.25, 0.3) is 0 Å². The summed E-state index contributed by atoms with van der Waals surface area (Å²) in [6.07, 6.45) is 0.0956. The number of carbonyl (C=O) groups excluding carboxylic acids is 1. The third-order valence-electron chi connectivity index (χ3n) is 3.05. The van der Waals surface area contributed by atoms with E-state index in [1.165, 1.54) is 0 Å². The molecule has 0 saturated heterocycles. The number of halogens is 1. The summed E-state index contributed by atoms with van der Waals surface area (Å²) >= 11 is 6.07. The molecule has 2 rings (SSSR count). The van der Waals surface area contributed by atoms with Gasteiger partial charge in [-0.3, -0.25) is 4.79 Å². The van der Waals surface area contributed by atoms with Crippen molar-refractivity contribution in [2.75, 3.05) is 11.9 Å². The molecule has 122 valence electrons. The molecule has 0 spiro atoms. The lowest BCUT2D eigenvalue weighted by molar-refractivity contribution is -0.115. The number of carbonyl (C=O) groups is 1. The fourth-order valence-electron chi connectivity index (χ4n) is 2.08. The van der Waals surface area contributed by atoms with E-state index in [9.17, 15) is 4.79 Å². The molecule has 0 aliphatic rings. The minimum Gasteiger partial charge on any atom is -0.491 e. The third kappa shape index (κ3) is 5.93. The smallest absolute Gasteiger partial charge is 0.238 e. The molecule has 4 nitrogen and oxygen atoms in total. The Bertz CT molecular complexity index is 659. The molecule has 0 fully saturated rings. The maximum Gasteiger partial charge on any atom is 0.238 e. The molecule has 0 bridgehead atoms. The van der Waals surface area contributed by atoms with Crippen LogP contribution in [0.25, 0.3) is 0 Å². The number of amides is 1. The van der Waals surface area contributed by atoms with Crippen LogP contribution in [-0.4, -0.2) is 18.6 Å². The van der Waals surface area contributed by atoms with Crippen molar-refractivity contribution in [3.05, 3.63) is 59.1 Å². The van der Waals surface area contributed by atoms with Gasteiger partial charge in [0.15, 0.2) is 0 Å². The van der Waals surface area contributed by atoms with E-state index in [4.69, 9.17) is 16.3 Å². The molecule has 0 atom stereocenters. The summed E-state index contributed by atoms with van der Waals surface area (Å²) in [5, 5.41) is 6.62. The van der Waals surface area contributed by atoms with Gasteiger partial charge in [-0.1, -0.05) is 35.9 Å². The topological polar surface area (TPSA) is 50.4 Å². The molecular formula is C18H21ClN2O2. The van der Waals surface area contributed by atoms with Gasteiger partial charge in [-0.15, -0.1) is 0 Å². The number of hydrogen-bond acceptors (Lipinski definition) is 3. The highest BCUT2D eigenvalue weighted by Gasteiger charge is 2.05. The van der Waals surface area contributed by atoms with Gasteiger partial charge < -0.3 is 15.4 Å². The molecule has 0 radical (unpaired) electrons. The first kappa shape index (κ1) is 17.3. The second kappa shape index (κ2) is 8.56. The predicted molar refractivity (Wildman–Crippen MR) is 94.0 cm³/mol. The third-order valence-corrected chi connectivity index (χ3v) is 3.42. The average molecular weight is 333 g/mol. The number of hydrogen-bond donors (Lipinski definition) is 2. The van der Waals surface area contributed by atoms with Crippen molar-refractivity contribution in [1.82, 2.24) is 5.32 Å². The summed E-state index contributed by atoms with van der Waals surface area (Å²) in [5.41, 5.74) is 1.68. The Labute approximate surface area is 141 Å². The van der Waals surface area contributed by atoms with Crippen molar-refractivity contribution in [3.63, 3.8) is 0 Å². The zero-order valence-electron chi connectivity index (χ0n) is 13.3. The second-order valence-corrected chi connectivity index (χ2v) is 5.84. The van der Waals surface area contributed by atoms with Crippen LogP contribution in [0.5, 0.6) is 5.75 Å². The quantitative estimate of drug-likeness (QED) is 0.809. The molecule has 2 aromatic carbocycles. The van der Waals surface area contributed by atoms with Gasteiger partial charge >= 0.3 is 0 Å². The molecule has 5 heteroatoms. The Kier molecular flexibility index (Phi) is 6.44. The van der Waals surface area contributed by atoms with Crippen LogP contribution >= 0.6 is 11.6 Å². The Morgan fingerprint density at radius 2 is 1.96 bits per heavy atom. The summed E-state index contributed by atoms with van der Waals surface area (Å²) in [4.78, 5) is 12.0. The van der Waals surface area contributed by atoms with Crippen molar-refractivity contribution < 1.29 is 9.53 Å². The van der Waals surface area contributed by atoms with Crippen molar-refractivity contribution >= 4 is 23.2 Å². The zero-order chi connectivity index (χ0) is 16.7. The fraction of sp³-hybridized carbons (Fsp3) is 0.278. The van der Waals surface area contributed by atoms with Crippen LogP contribution in [0, 0.1) is 0 Å². The normalized spacial score (nSPS) is 10.6. The largest absolute Gasteiger partial charge is 0.491 e. The maximum atomic E-state index is 12.0. The van der Waals surface area contributed by atoms with E-state index >= 15 is 0 Å². The Morgan fingerprint density at radius 1 is 1.17 bits per heavy atom. The summed E-state index contributed by atoms with van der Waals surface area (Å²) in [5.74, 6) is 0.626. The van der Waals surface area contributed by atoms with Gasteiger partial charge in [-0.25, -0.2) is 0 Å². The minimum absolute atomic E-state index is 0.0956. The van der Waals surface area contributed by atoms with Crippen molar-refractivity contribution in [2.24, 2.45) is 0 Å². The van der Waals surface area contributed by atoms with Crippen LogP contribution < -0.4 is 15.4 Å². The molecule has 0 unspecified atom stereocenters. The van der Waals surface area contributed by atoms with Crippen molar-refractivity contribution in [2.45, 2.75) is 26.5 Å². The van der Waals surface area contributed by atoms with E-state index in [1.807, 2.05) is 62.4 Å². The number of rotatable bonds is 7. The maximum absolute atomic E-state index is 12.0. The first-order valence-electron chi connectivity index (χ1n) is 7.55. The van der Waals surface area contributed by atoms with Gasteiger partial charge in [0.2, 0.25) is 5.91 Å². The number of anilines is 1. The summed E-state index contributed by atoms with van der Waals surface area (Å²) in [6.45, 7) is 4.68. The van der Waals surface area contributed by atoms with E-state index in [2.05, 4.69) is 10.6 Å². The number of benzene rings is 2. The summed E-state index contributed by atoms with van der Waals surface area (Å²) in [6, 6.07) is 14.9. The Morgan fingerprint density at radius 3 is 2.70 bits per heavy atom. The van der Waals surface area contributed by atoms with E-state index in [-0.39, 0.29) is 18.6 Å². The molecule has 1 amide bonds. The van der Waals surface area contributed by atoms with Crippen molar-refractivity contribution in [1.29, 1.82) is 0 Å². The highest BCUT2D eigenvalue weighted by atomic mass is 35.5. The highest BCUT2D eigenvalue weighted by Crippen LogP contribution is 2.18. The molecule has 0 saturated carbocycles. The minimum atomic E-state index is -0.112. The first-order valence-corrected chi connectivity index (χ1v) is 7.93. The van der Waals surface area contributed by atoms with Gasteiger partial charge in [0.05, 0.1) is 12.6 Å². The van der Waals surface area contributed by atoms with Crippen molar-refractivity contribution in [3.8, 4) is 5.75 Å². The standard InChI is InChI=1S/C18H21ClN2O2/c1-13(2)23-16-8-5-7-15(10-16)21-18(22)12-20-11-14-6-3-4-9-17(14)19/h3-10,13,20H,11-12H2,1-2H3,(H,21,22). The van der Waals surface area contributed by atoms with E-state index in [0.717, 1.165) is 11.3 Å². The van der Waals surface area contributed by atoms with Crippen LogP contribution in [-0.2, 0) is 11.3 Å². The lowest BCUT2D eigenvalue weighted by Crippen LogP contribution is -2.27. The number of ether oxygens (including phenoxy) is 1. The van der Waals surface area contributed by atoms with Crippen LogP contribution in [0.4, 0.5) is 5.69 Å². The van der Waals surface area contributed by atoms with E-state index < -0.39 is 0 Å². The molecule has 23 heavy (non-hydrogen) atoms. The summed E-state index contributed by atoms with van der Waals surface area (Å²) < 4.78 is 5.61. The molecule has 2 aromatic rings. The molecule has 2 N–H and O–H groups in total. The molecular weight excluding hydrogens is 312 g/mol. The van der Waals surface area contributed by atoms with Crippen LogP contribution in [0.3, 0.4) is 0 Å². The lowest BCUT2D eigenvalue weighted by atomic mass is 10.2. The molecule has 0 aliphatic carbocycles. The average Bonchev–Trinajstić information content (AvgIpc) is 2.49. The SMILES string of the molecule is CC(C)Oc1cccc(NC(=O)CNCc2ccccc2Cl)c1. The van der Waals surface area contributed by atoms with Gasteiger partial charge in [-0.2, -0.15) is 0 Å². The Balaban J connectivity index is 1.82. The Hall–Kier alpha value is -2.04. The van der Waals surface area contributed by atoms with E-state index in [1.54, 1.807) is 0 Å². The van der Waals surface area contributed by atoms with Crippen LogP contribution in [0.15, 0.2) is 48.5 Å². The zero-order valence-corrected chi connectivity index (χ0v) is 14.1. The predicted octanol–water partition coefficient (Wildman–Crippen LogP) is 3.86. The fourth-order valence-corrected chi connectivity index (χ4v) is 2.28. The number of nitrogens with one attached hydrogen (secondary N) is 2. The highest BCUT2D eigenvalue weighted by molar-refractivity contribution is 6.31. The van der Waals surface area contributed by atoms with E-state index in [0.29, 0.717) is 17.3 Å². The monoisotopic (exact) mass is 332 g/mol. The molecule has 0 aliphatic heterocycles. The van der Waals surface area contributed by atoms with Gasteiger partial charge in [0, 0.05) is 23.3 Å². The first-order chi connectivity index (χ1) is 11.0. The molecule has 0 aromatic heterocycles. The van der Waals surface area contributed by atoms with Crippen LogP contribution in [0.1, 0.15) is 19.4 Å². The second-order valence-electron chi connectivity index (χ2n) is 5.44. The lowest BCUT2D eigenvalue weighted by Gasteiger charge is -2.12. The summed E-state index contributed by atoms with van der Waals surface area (Å²) in [7, 11) is 0. The van der Waals surface area contributed by atoms with Crippen LogP contribution in [0.2, 0.25) is 5.02 Å².